The molecule has 0 amide bonds. The first-order valence-electron chi connectivity index (χ1n) is 30.2. The number of phenols is 1. The Balaban J connectivity index is 0.00000990. The molecule has 0 aliphatic rings. The number of aromatic hydroxyl groups is 1. The molecular formula is C60H64N3OPt-. The quantitative estimate of drug-likeness (QED) is 0.154. The van der Waals surface area contributed by atoms with Gasteiger partial charge in [0.05, 0.1) is 31.9 Å². The molecule has 0 aliphatic heterocycles. The van der Waals surface area contributed by atoms with E-state index in [-0.39, 0.29) is 65.9 Å². The third-order valence-corrected chi connectivity index (χ3v) is 11.5. The van der Waals surface area contributed by atoms with E-state index in [2.05, 4.69) is 89.0 Å². The Bertz CT molecular complexity index is 3790. The minimum absolute atomic E-state index is 0. The number of fused-ring (bicyclic) bond motifs is 1. The molecule has 5 heteroatoms. The van der Waals surface area contributed by atoms with Crippen molar-refractivity contribution in [3.8, 4) is 67.5 Å². The first-order valence-corrected chi connectivity index (χ1v) is 21.2. The summed E-state index contributed by atoms with van der Waals surface area (Å²) >= 11 is 0. The van der Waals surface area contributed by atoms with Crippen LogP contribution in [0.25, 0.3) is 72.7 Å². The molecule has 8 rings (SSSR count). The van der Waals surface area contributed by atoms with Crippen molar-refractivity contribution in [2.75, 3.05) is 0 Å². The Morgan fingerprint density at radius 2 is 1.31 bits per heavy atom. The number of phenolic OH excluding ortho intramolecular Hbond substituents is 1. The predicted molar refractivity (Wildman–Crippen MR) is 271 cm³/mol. The summed E-state index contributed by atoms with van der Waals surface area (Å²) in [6.07, 6.45) is -0.775. The maximum atomic E-state index is 12.4. The molecule has 1 N–H and O–H groups in total. The van der Waals surface area contributed by atoms with E-state index in [1.54, 1.807) is 58.0 Å². The summed E-state index contributed by atoms with van der Waals surface area (Å²) in [6.45, 7) is 7.79. The van der Waals surface area contributed by atoms with Crippen molar-refractivity contribution >= 4 is 11.0 Å². The van der Waals surface area contributed by atoms with Crippen LogP contribution in [0, 0.1) is 6.07 Å². The van der Waals surface area contributed by atoms with Gasteiger partial charge in [-0.15, -0.1) is 29.8 Å². The van der Waals surface area contributed by atoms with E-state index < -0.39 is 96.9 Å². The van der Waals surface area contributed by atoms with Crippen LogP contribution in [0.15, 0.2) is 133 Å². The fourth-order valence-corrected chi connectivity index (χ4v) is 7.75. The zero-order valence-corrected chi connectivity index (χ0v) is 40.5. The van der Waals surface area contributed by atoms with E-state index in [0.717, 1.165) is 22.3 Å². The van der Waals surface area contributed by atoms with Crippen LogP contribution in [-0.4, -0.2) is 19.6 Å². The summed E-state index contributed by atoms with van der Waals surface area (Å²) in [4.78, 5) is 9.64. The van der Waals surface area contributed by atoms with Crippen molar-refractivity contribution in [3.05, 3.63) is 167 Å². The molecule has 65 heavy (non-hydrogen) atoms. The van der Waals surface area contributed by atoms with Crippen molar-refractivity contribution < 1.29 is 50.8 Å². The monoisotopic (exact) mass is 1060 g/mol. The van der Waals surface area contributed by atoms with Crippen LogP contribution in [0.5, 0.6) is 5.75 Å². The van der Waals surface area contributed by atoms with E-state index in [1.165, 1.54) is 6.07 Å². The predicted octanol–water partition coefficient (Wildman–Crippen LogP) is 16.4. The van der Waals surface area contributed by atoms with Gasteiger partial charge in [0.15, 0.2) is 0 Å². The Hall–Kier alpha value is -5.57. The van der Waals surface area contributed by atoms with Crippen molar-refractivity contribution in [2.24, 2.45) is 0 Å². The molecule has 0 saturated heterocycles. The Morgan fingerprint density at radius 3 is 1.95 bits per heavy atom. The standard InChI is InChI=1S/C60H64N3O.Pt/c1-37(2)44-33-49(38(3)4)56(64)51(34-44)57-62-55-48(42-16-14-17-43(32-42)52-35-41(30-31-61-52)39-20-24-45(25-21-39)58(5,6)7)18-15-19-54(55)63(57)53-29-28-47(60(11,12)13)36-50(53)40-22-26-46(27-23-40)59(8,9)10;/h14-31,33-38,64H,1-13H3;/q-1;/i5D3,6D3,7D3,20D,21D,24D,25D,30D,31D,35D,37D,38D;. The molecule has 0 spiro atoms. The van der Waals surface area contributed by atoms with Gasteiger partial charge >= 0.3 is 0 Å². The molecule has 0 saturated carbocycles. The van der Waals surface area contributed by atoms with Crippen LogP contribution >= 0.6 is 0 Å². The van der Waals surface area contributed by atoms with Gasteiger partial charge in [0.25, 0.3) is 0 Å². The summed E-state index contributed by atoms with van der Waals surface area (Å²) in [5.74, 6) is -2.41. The van der Waals surface area contributed by atoms with Crippen LogP contribution < -0.4 is 0 Å². The van der Waals surface area contributed by atoms with Crippen molar-refractivity contribution in [2.45, 2.75) is 118 Å². The zero-order chi connectivity index (χ0) is 61.3. The molecular weight excluding hydrogens is 974 g/mol. The van der Waals surface area contributed by atoms with Gasteiger partial charge in [-0.25, -0.2) is 4.98 Å². The second kappa shape index (κ2) is 18.0. The van der Waals surface area contributed by atoms with Crippen LogP contribution in [0.3, 0.4) is 0 Å². The molecule has 0 bridgehead atoms. The van der Waals surface area contributed by atoms with Gasteiger partial charge in [-0.05, 0) is 103 Å². The molecule has 0 atom stereocenters. The molecule has 0 fully saturated rings. The van der Waals surface area contributed by atoms with Gasteiger partial charge in [-0.3, -0.25) is 9.55 Å². The summed E-state index contributed by atoms with van der Waals surface area (Å²) in [7, 11) is 0. The smallest absolute Gasteiger partial charge is 0.148 e. The maximum absolute atomic E-state index is 12.4. The van der Waals surface area contributed by atoms with Crippen LogP contribution in [-0.2, 0) is 37.3 Å². The Kier molecular flexibility index (Phi) is 8.08. The van der Waals surface area contributed by atoms with Crippen LogP contribution in [0.2, 0.25) is 0 Å². The summed E-state index contributed by atoms with van der Waals surface area (Å²) in [5.41, 5.74) is 0.156. The third kappa shape index (κ3) is 9.57. The largest absolute Gasteiger partial charge is 0.507 e. The second-order valence-electron chi connectivity index (χ2n) is 18.8. The Labute approximate surface area is 427 Å². The molecule has 8 aromatic rings. The van der Waals surface area contributed by atoms with E-state index in [9.17, 15) is 9.22 Å². The number of benzene rings is 6. The number of aromatic nitrogens is 3. The molecule has 336 valence electrons. The number of imidazole rings is 1. The zero-order valence-electron chi connectivity index (χ0n) is 56.3. The molecule has 4 nitrogen and oxygen atoms in total. The second-order valence-corrected chi connectivity index (χ2v) is 18.8. The minimum atomic E-state index is -3.94. The first-order chi connectivity index (χ1) is 37.5. The van der Waals surface area contributed by atoms with Gasteiger partial charge < -0.3 is 5.11 Å². The number of nitrogens with zero attached hydrogens (tertiary/aromatic N) is 3. The molecule has 0 aliphatic carbocycles. The van der Waals surface area contributed by atoms with Crippen molar-refractivity contribution in [3.63, 3.8) is 0 Å². The number of hydrogen-bond acceptors (Lipinski definition) is 3. The van der Waals surface area contributed by atoms with Crippen LogP contribution in [0.1, 0.15) is 154 Å². The van der Waals surface area contributed by atoms with E-state index in [4.69, 9.17) is 25.5 Å². The fraction of sp³-hybridized carbons (Fsp3) is 0.300. The van der Waals surface area contributed by atoms with Gasteiger partial charge in [0, 0.05) is 53.6 Å². The molecule has 0 radical (unpaired) electrons. The van der Waals surface area contributed by atoms with Crippen LogP contribution in [0.4, 0.5) is 0 Å². The molecule has 2 aromatic heterocycles. The number of para-hydroxylation sites is 1. The normalized spacial score (nSPS) is 17.2. The summed E-state index contributed by atoms with van der Waals surface area (Å²) < 4.78 is 158. The fourth-order valence-electron chi connectivity index (χ4n) is 7.75. The molecule has 0 unspecified atom stereocenters. The SMILES string of the molecule is [2H]c1nc(-c2[c-]c(-c3cccc4c3nc(-c3cc(C([2H])(C)C)cc(C([2H])(C)C)c3O)n4-c3ccc(C(C)(C)C)cc3-c3ccc(C(C)(C)C)cc3)ccc2)c([2H])c(-c2c([2H])c([2H])c(C(C([2H])([2H])[2H])(C([2H])([2H])[2H])C([2H])([2H])[2H])c([2H])c2[2H])c1[2H].[Pt]. The Morgan fingerprint density at radius 1 is 0.646 bits per heavy atom. The molecule has 2 heterocycles. The van der Waals surface area contributed by atoms with E-state index >= 15 is 0 Å². The average molecular weight is 1060 g/mol. The van der Waals surface area contributed by atoms with Gasteiger partial charge in [-0.2, -0.15) is 0 Å². The summed E-state index contributed by atoms with van der Waals surface area (Å²) in [6, 6.07) is 25.2. The van der Waals surface area contributed by atoms with Gasteiger partial charge in [0.2, 0.25) is 0 Å². The third-order valence-electron chi connectivity index (χ3n) is 11.5. The van der Waals surface area contributed by atoms with E-state index in [1.807, 2.05) is 22.8 Å². The molecule has 6 aromatic carbocycles. The van der Waals surface area contributed by atoms with Crippen molar-refractivity contribution in [1.29, 1.82) is 0 Å². The number of hydrogen-bond donors (Lipinski definition) is 1. The first kappa shape index (κ1) is 29.1. The number of pyridine rings is 1. The average Bonchev–Trinajstić information content (AvgIpc) is 0.962. The minimum Gasteiger partial charge on any atom is -0.507 e. The number of rotatable bonds is 8. The summed E-state index contributed by atoms with van der Waals surface area (Å²) in [5, 5.41) is 12.4. The van der Waals surface area contributed by atoms with Crippen molar-refractivity contribution in [1.82, 2.24) is 14.5 Å². The topological polar surface area (TPSA) is 50.9 Å². The van der Waals surface area contributed by atoms with E-state index in [0.29, 0.717) is 33.4 Å². The van der Waals surface area contributed by atoms with Gasteiger partial charge in [-0.1, -0.05) is 180 Å². The maximum Gasteiger partial charge on any atom is 0.148 e. The van der Waals surface area contributed by atoms with Gasteiger partial charge in [0.1, 0.15) is 11.6 Å².